The first-order valence-corrected chi connectivity index (χ1v) is 11.2. The zero-order valence-corrected chi connectivity index (χ0v) is 17.6. The summed E-state index contributed by atoms with van der Waals surface area (Å²) in [4.78, 5) is 14.0. The number of aryl methyl sites for hydroxylation is 2. The fourth-order valence-corrected chi connectivity index (χ4v) is 5.81. The van der Waals surface area contributed by atoms with Crippen LogP contribution in [0.5, 0.6) is 0 Å². The van der Waals surface area contributed by atoms with Gasteiger partial charge in [0.1, 0.15) is 5.01 Å². The molecule has 29 heavy (non-hydrogen) atoms. The summed E-state index contributed by atoms with van der Waals surface area (Å²) >= 11 is 1.76. The summed E-state index contributed by atoms with van der Waals surface area (Å²) in [6.07, 6.45) is 4.27. The van der Waals surface area contributed by atoms with Crippen molar-refractivity contribution in [2.24, 2.45) is 11.3 Å². The van der Waals surface area contributed by atoms with Crippen molar-refractivity contribution in [1.82, 2.24) is 24.9 Å². The molecule has 152 valence electrons. The van der Waals surface area contributed by atoms with Crippen LogP contribution in [0.4, 0.5) is 0 Å². The van der Waals surface area contributed by atoms with E-state index >= 15 is 0 Å². The van der Waals surface area contributed by atoms with Crippen molar-refractivity contribution in [3.8, 4) is 0 Å². The first kappa shape index (κ1) is 18.9. The molecule has 0 saturated carbocycles. The molecule has 0 bridgehead atoms. The molecule has 7 heteroatoms. The lowest BCUT2D eigenvalue weighted by molar-refractivity contribution is 0.184. The van der Waals surface area contributed by atoms with Gasteiger partial charge in [-0.05, 0) is 31.2 Å². The van der Waals surface area contributed by atoms with Crippen LogP contribution in [0.2, 0.25) is 0 Å². The van der Waals surface area contributed by atoms with Crippen LogP contribution in [-0.4, -0.2) is 51.1 Å². The van der Waals surface area contributed by atoms with Gasteiger partial charge in [-0.1, -0.05) is 35.5 Å². The molecule has 2 atom stereocenters. The van der Waals surface area contributed by atoms with Gasteiger partial charge in [0.25, 0.3) is 0 Å². The third-order valence-corrected chi connectivity index (χ3v) is 7.19. The van der Waals surface area contributed by atoms with Gasteiger partial charge in [0.2, 0.25) is 5.89 Å². The van der Waals surface area contributed by atoms with E-state index in [1.807, 2.05) is 13.1 Å². The number of rotatable bonds is 7. The minimum atomic E-state index is 0.322. The third kappa shape index (κ3) is 4.13. The molecule has 0 N–H and O–H groups in total. The summed E-state index contributed by atoms with van der Waals surface area (Å²) in [5.41, 5.74) is 1.76. The van der Waals surface area contributed by atoms with Gasteiger partial charge < -0.3 is 4.52 Å². The lowest BCUT2D eigenvalue weighted by Gasteiger charge is -2.29. The number of hydrogen-bond acceptors (Lipinski definition) is 7. The third-order valence-electron chi connectivity index (χ3n) is 6.43. The van der Waals surface area contributed by atoms with Crippen molar-refractivity contribution in [2.75, 3.05) is 26.2 Å². The average molecular weight is 410 g/mol. The van der Waals surface area contributed by atoms with Crippen LogP contribution in [-0.2, 0) is 19.5 Å². The highest BCUT2D eigenvalue weighted by Gasteiger charge is 2.51. The van der Waals surface area contributed by atoms with Gasteiger partial charge >= 0.3 is 0 Å². The minimum Gasteiger partial charge on any atom is -0.338 e. The van der Waals surface area contributed by atoms with E-state index in [1.54, 1.807) is 11.3 Å². The summed E-state index contributed by atoms with van der Waals surface area (Å²) in [6, 6.07) is 10.9. The highest BCUT2D eigenvalue weighted by atomic mass is 32.1. The van der Waals surface area contributed by atoms with Gasteiger partial charge in [0.15, 0.2) is 5.82 Å². The first-order valence-electron chi connectivity index (χ1n) is 10.3. The van der Waals surface area contributed by atoms with E-state index in [0.29, 0.717) is 17.2 Å². The van der Waals surface area contributed by atoms with Crippen molar-refractivity contribution >= 4 is 11.3 Å². The van der Waals surface area contributed by atoms with E-state index in [4.69, 9.17) is 4.52 Å². The number of nitrogens with zero attached hydrogens (tertiary/aromatic N) is 5. The minimum absolute atomic E-state index is 0.322. The SMILES string of the molecule is Cc1noc(CN2CC3CN(Cc4nccs4)CC3(CCc3ccccc3)C2)n1. The Morgan fingerprint density at radius 1 is 1.14 bits per heavy atom. The molecule has 0 amide bonds. The smallest absolute Gasteiger partial charge is 0.240 e. The Morgan fingerprint density at radius 2 is 1.93 bits per heavy atom. The lowest BCUT2D eigenvalue weighted by Crippen LogP contribution is -2.34. The quantitative estimate of drug-likeness (QED) is 0.596. The second-order valence-corrected chi connectivity index (χ2v) is 9.52. The van der Waals surface area contributed by atoms with Crippen LogP contribution in [0.25, 0.3) is 0 Å². The monoisotopic (exact) mass is 409 g/mol. The predicted octanol–water partition coefficient (Wildman–Crippen LogP) is 3.40. The molecule has 0 aliphatic carbocycles. The lowest BCUT2D eigenvalue weighted by atomic mass is 9.76. The van der Waals surface area contributed by atoms with Crippen molar-refractivity contribution in [1.29, 1.82) is 0 Å². The van der Waals surface area contributed by atoms with Crippen molar-refractivity contribution in [3.05, 3.63) is 64.2 Å². The summed E-state index contributed by atoms with van der Waals surface area (Å²) in [5, 5.41) is 7.25. The normalized spacial score (nSPS) is 24.9. The molecular formula is C22H27N5OS. The largest absolute Gasteiger partial charge is 0.338 e. The Kier molecular flexibility index (Phi) is 5.20. The van der Waals surface area contributed by atoms with Gasteiger partial charge in [-0.15, -0.1) is 11.3 Å². The summed E-state index contributed by atoms with van der Waals surface area (Å²) in [7, 11) is 0. The van der Waals surface area contributed by atoms with Crippen molar-refractivity contribution < 1.29 is 4.52 Å². The highest BCUT2D eigenvalue weighted by molar-refractivity contribution is 7.09. The predicted molar refractivity (Wildman–Crippen MR) is 112 cm³/mol. The molecular weight excluding hydrogens is 382 g/mol. The van der Waals surface area contributed by atoms with Gasteiger partial charge in [-0.2, -0.15) is 4.98 Å². The standard InChI is InChI=1S/C22H27N5OS/c1-17-24-20(28-25-17)13-26-11-19-12-27(14-21-23-9-10-29-21)16-22(19,15-26)8-7-18-5-3-2-4-6-18/h2-6,9-10,19H,7-8,11-16H2,1H3. The molecule has 2 aromatic heterocycles. The number of aromatic nitrogens is 3. The number of benzene rings is 1. The molecule has 0 spiro atoms. The van der Waals surface area contributed by atoms with Gasteiger partial charge in [-0.3, -0.25) is 9.80 Å². The molecule has 2 saturated heterocycles. The first-order chi connectivity index (χ1) is 14.2. The summed E-state index contributed by atoms with van der Waals surface area (Å²) in [6.45, 7) is 8.10. The molecule has 4 heterocycles. The molecule has 2 fully saturated rings. The maximum Gasteiger partial charge on any atom is 0.240 e. The topological polar surface area (TPSA) is 58.3 Å². The number of hydrogen-bond donors (Lipinski definition) is 0. The molecule has 0 radical (unpaired) electrons. The molecule has 5 rings (SSSR count). The van der Waals surface area contributed by atoms with Crippen LogP contribution in [0, 0.1) is 18.3 Å². The van der Waals surface area contributed by atoms with Crippen molar-refractivity contribution in [2.45, 2.75) is 32.9 Å². The Hall–Kier alpha value is -2.09. The molecule has 2 unspecified atom stereocenters. The van der Waals surface area contributed by atoms with Crippen LogP contribution in [0.15, 0.2) is 46.4 Å². The van der Waals surface area contributed by atoms with E-state index in [0.717, 1.165) is 51.6 Å². The van der Waals surface area contributed by atoms with E-state index in [9.17, 15) is 0 Å². The summed E-state index contributed by atoms with van der Waals surface area (Å²) < 4.78 is 5.38. The maximum absolute atomic E-state index is 5.38. The molecule has 6 nitrogen and oxygen atoms in total. The van der Waals surface area contributed by atoms with Gasteiger partial charge in [0, 0.05) is 43.2 Å². The van der Waals surface area contributed by atoms with E-state index in [2.05, 4.69) is 60.6 Å². The van der Waals surface area contributed by atoms with Crippen molar-refractivity contribution in [3.63, 3.8) is 0 Å². The maximum atomic E-state index is 5.38. The Morgan fingerprint density at radius 3 is 2.62 bits per heavy atom. The number of thiazole rings is 1. The van der Waals surface area contributed by atoms with Crippen LogP contribution >= 0.6 is 11.3 Å². The fraction of sp³-hybridized carbons (Fsp3) is 0.500. The highest BCUT2D eigenvalue weighted by Crippen LogP contribution is 2.46. The fourth-order valence-electron chi connectivity index (χ4n) is 5.16. The second-order valence-electron chi connectivity index (χ2n) is 8.55. The second kappa shape index (κ2) is 7.97. The van der Waals surface area contributed by atoms with E-state index < -0.39 is 0 Å². The van der Waals surface area contributed by atoms with E-state index in [-0.39, 0.29) is 0 Å². The Bertz CT molecular complexity index is 928. The molecule has 2 aliphatic heterocycles. The molecule has 2 aliphatic rings. The van der Waals surface area contributed by atoms with Crippen LogP contribution < -0.4 is 0 Å². The Labute approximate surface area is 175 Å². The number of likely N-dealkylation sites (tertiary alicyclic amines) is 2. The molecule has 1 aromatic carbocycles. The van der Waals surface area contributed by atoms with Gasteiger partial charge in [-0.25, -0.2) is 4.98 Å². The average Bonchev–Trinajstić information content (AvgIpc) is 3.47. The van der Waals surface area contributed by atoms with E-state index in [1.165, 1.54) is 17.0 Å². The zero-order valence-electron chi connectivity index (χ0n) is 16.8. The van der Waals surface area contributed by atoms with Crippen LogP contribution in [0.1, 0.15) is 28.7 Å². The Balaban J connectivity index is 1.30. The number of fused-ring (bicyclic) bond motifs is 1. The molecule has 3 aromatic rings. The zero-order chi connectivity index (χ0) is 19.7. The summed E-state index contributed by atoms with van der Waals surface area (Å²) in [5.74, 6) is 2.13. The van der Waals surface area contributed by atoms with Crippen LogP contribution in [0.3, 0.4) is 0 Å². The van der Waals surface area contributed by atoms with Gasteiger partial charge in [0.05, 0.1) is 13.1 Å².